The largest absolute Gasteiger partial charge is 0.388 e. The van der Waals surface area contributed by atoms with E-state index >= 15 is 0 Å². The number of nitrogens with zero attached hydrogens (tertiary/aromatic N) is 1. The second kappa shape index (κ2) is 5.75. The molecule has 1 saturated heterocycles. The summed E-state index contributed by atoms with van der Waals surface area (Å²) in [5, 5.41) is 10.1. The van der Waals surface area contributed by atoms with E-state index in [0.717, 1.165) is 36.9 Å². The number of para-hydroxylation sites is 1. The Morgan fingerprint density at radius 2 is 1.83 bits per heavy atom. The average Bonchev–Trinajstić information content (AvgIpc) is 2.36. The van der Waals surface area contributed by atoms with Crippen LogP contribution in [0.5, 0.6) is 0 Å². The zero-order chi connectivity index (χ0) is 13.1. The molecule has 0 radical (unpaired) electrons. The number of piperidine rings is 1. The fraction of sp³-hybridized carbons (Fsp3) is 0.625. The minimum atomic E-state index is -0.339. The van der Waals surface area contributed by atoms with Crippen molar-refractivity contribution in [1.29, 1.82) is 0 Å². The number of benzene rings is 1. The van der Waals surface area contributed by atoms with Crippen LogP contribution >= 0.6 is 0 Å². The lowest BCUT2D eigenvalue weighted by Gasteiger charge is -2.38. The molecule has 2 unspecified atom stereocenters. The molecule has 1 heterocycles. The Bertz CT molecular complexity index is 380. The lowest BCUT2D eigenvalue weighted by molar-refractivity contribution is 0.173. The summed E-state index contributed by atoms with van der Waals surface area (Å²) < 4.78 is 0. The number of rotatable bonds is 3. The van der Waals surface area contributed by atoms with Gasteiger partial charge in [-0.1, -0.05) is 39.0 Å². The molecule has 2 nitrogen and oxygen atoms in total. The summed E-state index contributed by atoms with van der Waals surface area (Å²) in [6, 6.07) is 8.31. The fourth-order valence-electron chi connectivity index (χ4n) is 3.14. The van der Waals surface area contributed by atoms with Crippen molar-refractivity contribution in [2.24, 2.45) is 11.8 Å². The topological polar surface area (TPSA) is 23.5 Å². The first kappa shape index (κ1) is 13.4. The van der Waals surface area contributed by atoms with E-state index in [9.17, 15) is 5.11 Å². The van der Waals surface area contributed by atoms with Gasteiger partial charge in [-0.25, -0.2) is 0 Å². The molecule has 1 aliphatic heterocycles. The zero-order valence-electron chi connectivity index (χ0n) is 11.8. The van der Waals surface area contributed by atoms with Crippen molar-refractivity contribution >= 4 is 5.69 Å². The normalized spacial score (nSPS) is 26.1. The number of hydrogen-bond acceptors (Lipinski definition) is 2. The molecule has 0 spiro atoms. The van der Waals surface area contributed by atoms with Gasteiger partial charge in [0.2, 0.25) is 0 Å². The number of aliphatic hydroxyl groups excluding tert-OH is 1. The molecule has 1 aliphatic rings. The smallest absolute Gasteiger partial charge is 0.0807 e. The van der Waals surface area contributed by atoms with Gasteiger partial charge in [-0.05, 0) is 30.7 Å². The maximum atomic E-state index is 10.1. The minimum Gasteiger partial charge on any atom is -0.388 e. The Morgan fingerprint density at radius 3 is 2.44 bits per heavy atom. The van der Waals surface area contributed by atoms with Crippen molar-refractivity contribution in [3.63, 3.8) is 0 Å². The van der Waals surface area contributed by atoms with Gasteiger partial charge >= 0.3 is 0 Å². The van der Waals surface area contributed by atoms with Crippen LogP contribution in [-0.4, -0.2) is 18.2 Å². The Labute approximate surface area is 111 Å². The quantitative estimate of drug-likeness (QED) is 0.882. The molecule has 1 aromatic carbocycles. The lowest BCUT2D eigenvalue weighted by atomic mass is 9.90. The summed E-state index contributed by atoms with van der Waals surface area (Å²) in [4.78, 5) is 2.45. The van der Waals surface area contributed by atoms with E-state index in [1.807, 2.05) is 13.0 Å². The standard InChI is InChI=1S/C16H25NO/c1-4-16(18)14-7-5-6-8-15(14)17-10-12(2)9-13(3)11-17/h5-8,12-13,16,18H,4,9-11H2,1-3H3/t12?,13?,16-/m1/s1. The highest BCUT2D eigenvalue weighted by Crippen LogP contribution is 2.32. The Morgan fingerprint density at radius 1 is 1.22 bits per heavy atom. The van der Waals surface area contributed by atoms with E-state index in [1.165, 1.54) is 12.1 Å². The maximum absolute atomic E-state index is 10.1. The van der Waals surface area contributed by atoms with Crippen LogP contribution in [0.2, 0.25) is 0 Å². The van der Waals surface area contributed by atoms with Crippen LogP contribution in [0.4, 0.5) is 5.69 Å². The summed E-state index contributed by atoms with van der Waals surface area (Å²) in [6.45, 7) is 8.89. The molecular formula is C16H25NO. The summed E-state index contributed by atoms with van der Waals surface area (Å²) in [7, 11) is 0. The molecule has 100 valence electrons. The average molecular weight is 247 g/mol. The highest BCUT2D eigenvalue weighted by atomic mass is 16.3. The zero-order valence-corrected chi connectivity index (χ0v) is 11.8. The van der Waals surface area contributed by atoms with E-state index in [1.54, 1.807) is 0 Å². The summed E-state index contributed by atoms with van der Waals surface area (Å²) >= 11 is 0. The molecule has 0 bridgehead atoms. The van der Waals surface area contributed by atoms with Crippen molar-refractivity contribution < 1.29 is 5.11 Å². The van der Waals surface area contributed by atoms with E-state index in [-0.39, 0.29) is 6.10 Å². The Balaban J connectivity index is 2.26. The number of hydrogen-bond donors (Lipinski definition) is 1. The summed E-state index contributed by atoms with van der Waals surface area (Å²) in [5.74, 6) is 1.47. The molecule has 3 atom stereocenters. The molecule has 2 heteroatoms. The molecule has 0 amide bonds. The van der Waals surface area contributed by atoms with E-state index in [4.69, 9.17) is 0 Å². The second-order valence-corrected chi connectivity index (χ2v) is 5.83. The molecule has 1 N–H and O–H groups in total. The molecule has 1 aromatic rings. The summed E-state index contributed by atoms with van der Waals surface area (Å²) in [6.07, 6.45) is 1.75. The minimum absolute atomic E-state index is 0.339. The predicted molar refractivity (Wildman–Crippen MR) is 76.9 cm³/mol. The third kappa shape index (κ3) is 2.86. The lowest BCUT2D eigenvalue weighted by Crippen LogP contribution is -2.39. The van der Waals surface area contributed by atoms with Crippen molar-refractivity contribution in [2.45, 2.75) is 39.7 Å². The molecule has 1 fully saturated rings. The SMILES string of the molecule is CC[C@@H](O)c1ccccc1N1CC(C)CC(C)C1. The van der Waals surface area contributed by atoms with Crippen LogP contribution in [0.15, 0.2) is 24.3 Å². The Hall–Kier alpha value is -1.02. The van der Waals surface area contributed by atoms with Gasteiger partial charge in [-0.15, -0.1) is 0 Å². The van der Waals surface area contributed by atoms with Gasteiger partial charge in [-0.3, -0.25) is 0 Å². The third-order valence-corrected chi connectivity index (χ3v) is 3.89. The van der Waals surface area contributed by atoms with Crippen molar-refractivity contribution in [1.82, 2.24) is 0 Å². The van der Waals surface area contributed by atoms with Gasteiger partial charge in [0, 0.05) is 24.3 Å². The van der Waals surface area contributed by atoms with Gasteiger partial charge < -0.3 is 10.0 Å². The monoisotopic (exact) mass is 247 g/mol. The molecule has 0 aliphatic carbocycles. The highest BCUT2D eigenvalue weighted by Gasteiger charge is 2.24. The van der Waals surface area contributed by atoms with Crippen molar-refractivity contribution in [3.05, 3.63) is 29.8 Å². The first-order valence-corrected chi connectivity index (χ1v) is 7.13. The van der Waals surface area contributed by atoms with E-state index in [2.05, 4.69) is 36.9 Å². The maximum Gasteiger partial charge on any atom is 0.0807 e. The van der Waals surface area contributed by atoms with Crippen LogP contribution in [0.1, 0.15) is 45.3 Å². The van der Waals surface area contributed by atoms with Gasteiger partial charge in [0.05, 0.1) is 6.10 Å². The molecular weight excluding hydrogens is 222 g/mol. The molecule has 2 rings (SSSR count). The van der Waals surface area contributed by atoms with Gasteiger partial charge in [0.25, 0.3) is 0 Å². The highest BCUT2D eigenvalue weighted by molar-refractivity contribution is 5.55. The summed E-state index contributed by atoms with van der Waals surface area (Å²) in [5.41, 5.74) is 2.31. The van der Waals surface area contributed by atoms with Crippen LogP contribution in [0.25, 0.3) is 0 Å². The molecule has 0 saturated carbocycles. The van der Waals surface area contributed by atoms with Gasteiger partial charge in [0.1, 0.15) is 0 Å². The molecule has 0 aromatic heterocycles. The van der Waals surface area contributed by atoms with Gasteiger partial charge in [-0.2, -0.15) is 0 Å². The van der Waals surface area contributed by atoms with Crippen molar-refractivity contribution in [2.75, 3.05) is 18.0 Å². The number of anilines is 1. The van der Waals surface area contributed by atoms with E-state index < -0.39 is 0 Å². The third-order valence-electron chi connectivity index (χ3n) is 3.89. The Kier molecular flexibility index (Phi) is 4.28. The fourth-order valence-corrected chi connectivity index (χ4v) is 3.14. The first-order chi connectivity index (χ1) is 8.61. The van der Waals surface area contributed by atoms with Crippen LogP contribution < -0.4 is 4.90 Å². The molecule has 18 heavy (non-hydrogen) atoms. The van der Waals surface area contributed by atoms with Crippen LogP contribution in [0, 0.1) is 11.8 Å². The van der Waals surface area contributed by atoms with Crippen LogP contribution in [0.3, 0.4) is 0 Å². The van der Waals surface area contributed by atoms with Gasteiger partial charge in [0.15, 0.2) is 0 Å². The van der Waals surface area contributed by atoms with E-state index in [0.29, 0.717) is 0 Å². The first-order valence-electron chi connectivity index (χ1n) is 7.13. The van der Waals surface area contributed by atoms with Crippen LogP contribution in [-0.2, 0) is 0 Å². The second-order valence-electron chi connectivity index (χ2n) is 5.83. The number of aliphatic hydroxyl groups is 1. The van der Waals surface area contributed by atoms with Crippen molar-refractivity contribution in [3.8, 4) is 0 Å². The predicted octanol–water partition coefficient (Wildman–Crippen LogP) is 3.61.